The molecule has 0 spiro atoms. The van der Waals surface area contributed by atoms with Gasteiger partial charge in [-0.2, -0.15) is 0 Å². The number of rotatable bonds is 2. The summed E-state index contributed by atoms with van der Waals surface area (Å²) < 4.78 is 0. The van der Waals surface area contributed by atoms with Crippen molar-refractivity contribution in [3.63, 3.8) is 0 Å². The van der Waals surface area contributed by atoms with Gasteiger partial charge < -0.3 is 11.1 Å². The van der Waals surface area contributed by atoms with Gasteiger partial charge >= 0.3 is 0 Å². The number of anilines is 2. The molecule has 0 saturated carbocycles. The number of carbonyl (C=O) groups is 1. The lowest BCUT2D eigenvalue weighted by molar-refractivity contribution is 0.102. The molecule has 0 heterocycles. The first-order valence-corrected chi connectivity index (χ1v) is 6.43. The Labute approximate surface area is 125 Å². The molecular formula is C13H9Cl3N2O. The molecule has 0 aliphatic heterocycles. The van der Waals surface area contributed by atoms with E-state index in [1.165, 1.54) is 6.07 Å². The second kappa shape index (κ2) is 5.70. The van der Waals surface area contributed by atoms with Gasteiger partial charge in [0.2, 0.25) is 0 Å². The fraction of sp³-hybridized carbons (Fsp3) is 0. The average molecular weight is 316 g/mol. The highest BCUT2D eigenvalue weighted by molar-refractivity contribution is 6.44. The molecule has 0 bridgehead atoms. The second-order valence-electron chi connectivity index (χ2n) is 3.79. The standard InChI is InChI=1S/C13H9Cl3N2O/c14-8-2-1-3-11(12(8)16)18-13(19)7-4-5-10(17)9(15)6-7/h1-6H,17H2,(H,18,19). The van der Waals surface area contributed by atoms with Crippen LogP contribution in [-0.4, -0.2) is 5.91 Å². The van der Waals surface area contributed by atoms with E-state index < -0.39 is 0 Å². The molecule has 0 fully saturated rings. The van der Waals surface area contributed by atoms with Crippen LogP contribution in [0.2, 0.25) is 15.1 Å². The molecule has 3 N–H and O–H groups in total. The van der Waals surface area contributed by atoms with Crippen molar-refractivity contribution in [3.05, 3.63) is 57.0 Å². The average Bonchev–Trinajstić information content (AvgIpc) is 2.38. The van der Waals surface area contributed by atoms with E-state index in [1.807, 2.05) is 0 Å². The molecule has 0 unspecified atom stereocenters. The molecule has 98 valence electrons. The van der Waals surface area contributed by atoms with E-state index in [2.05, 4.69) is 5.32 Å². The molecule has 0 aliphatic carbocycles. The summed E-state index contributed by atoms with van der Waals surface area (Å²) in [6.45, 7) is 0. The van der Waals surface area contributed by atoms with E-state index in [-0.39, 0.29) is 5.91 Å². The Hall–Kier alpha value is -1.42. The third kappa shape index (κ3) is 3.13. The maximum atomic E-state index is 12.0. The van der Waals surface area contributed by atoms with Crippen LogP contribution in [0.1, 0.15) is 10.4 Å². The molecule has 6 heteroatoms. The minimum atomic E-state index is -0.342. The summed E-state index contributed by atoms with van der Waals surface area (Å²) in [5, 5.41) is 3.64. The van der Waals surface area contributed by atoms with Crippen molar-refractivity contribution in [2.24, 2.45) is 0 Å². The minimum Gasteiger partial charge on any atom is -0.398 e. The van der Waals surface area contributed by atoms with E-state index in [0.29, 0.717) is 32.0 Å². The normalized spacial score (nSPS) is 10.3. The molecule has 0 radical (unpaired) electrons. The molecule has 0 aromatic heterocycles. The van der Waals surface area contributed by atoms with Gasteiger partial charge in [-0.15, -0.1) is 0 Å². The van der Waals surface area contributed by atoms with Crippen LogP contribution in [0.25, 0.3) is 0 Å². The first-order chi connectivity index (χ1) is 8.99. The molecule has 2 aromatic carbocycles. The number of halogens is 3. The highest BCUT2D eigenvalue weighted by Gasteiger charge is 2.11. The van der Waals surface area contributed by atoms with Gasteiger partial charge in [-0.05, 0) is 30.3 Å². The number of nitrogens with one attached hydrogen (secondary N) is 1. The summed E-state index contributed by atoms with van der Waals surface area (Å²) in [6, 6.07) is 9.63. The van der Waals surface area contributed by atoms with E-state index in [9.17, 15) is 4.79 Å². The van der Waals surface area contributed by atoms with Crippen molar-refractivity contribution >= 4 is 52.1 Å². The predicted molar refractivity (Wildman–Crippen MR) is 80.3 cm³/mol. The molecule has 0 atom stereocenters. The van der Waals surface area contributed by atoms with Gasteiger partial charge in [0, 0.05) is 5.56 Å². The maximum absolute atomic E-state index is 12.0. The fourth-order valence-corrected chi connectivity index (χ4v) is 1.99. The van der Waals surface area contributed by atoms with Gasteiger partial charge in [-0.1, -0.05) is 40.9 Å². The van der Waals surface area contributed by atoms with Crippen LogP contribution in [0.3, 0.4) is 0 Å². The Morgan fingerprint density at radius 2 is 1.79 bits per heavy atom. The van der Waals surface area contributed by atoms with Crippen molar-refractivity contribution in [1.82, 2.24) is 0 Å². The quantitative estimate of drug-likeness (QED) is 0.803. The Kier molecular flexibility index (Phi) is 4.20. The largest absolute Gasteiger partial charge is 0.398 e. The highest BCUT2D eigenvalue weighted by Crippen LogP contribution is 2.30. The Morgan fingerprint density at radius 1 is 1.05 bits per heavy atom. The molecular weight excluding hydrogens is 307 g/mol. The molecule has 3 nitrogen and oxygen atoms in total. The van der Waals surface area contributed by atoms with Crippen LogP contribution < -0.4 is 11.1 Å². The zero-order chi connectivity index (χ0) is 14.0. The molecule has 2 rings (SSSR count). The number of amides is 1. The van der Waals surface area contributed by atoms with Crippen LogP contribution in [-0.2, 0) is 0 Å². The topological polar surface area (TPSA) is 55.1 Å². The zero-order valence-corrected chi connectivity index (χ0v) is 11.9. The van der Waals surface area contributed by atoms with E-state index in [4.69, 9.17) is 40.5 Å². The predicted octanol–water partition coefficient (Wildman–Crippen LogP) is 4.48. The van der Waals surface area contributed by atoms with Crippen molar-refractivity contribution in [2.45, 2.75) is 0 Å². The molecule has 1 amide bonds. The summed E-state index contributed by atoms with van der Waals surface area (Å²) in [4.78, 5) is 12.0. The lowest BCUT2D eigenvalue weighted by Crippen LogP contribution is -2.12. The van der Waals surface area contributed by atoms with Crippen LogP contribution in [0.4, 0.5) is 11.4 Å². The number of nitrogens with two attached hydrogens (primary N) is 1. The summed E-state index contributed by atoms with van der Waals surface area (Å²) in [7, 11) is 0. The Balaban J connectivity index is 2.26. The summed E-state index contributed by atoms with van der Waals surface area (Å²) >= 11 is 17.7. The summed E-state index contributed by atoms with van der Waals surface area (Å²) in [5.41, 5.74) is 6.82. The number of nitrogen functional groups attached to an aromatic ring is 1. The third-order valence-electron chi connectivity index (χ3n) is 2.46. The van der Waals surface area contributed by atoms with Gasteiger partial charge in [0.1, 0.15) is 0 Å². The Bertz CT molecular complexity index is 644. The molecule has 2 aromatic rings. The van der Waals surface area contributed by atoms with Crippen LogP contribution in [0, 0.1) is 0 Å². The lowest BCUT2D eigenvalue weighted by Gasteiger charge is -2.09. The highest BCUT2D eigenvalue weighted by atomic mass is 35.5. The van der Waals surface area contributed by atoms with E-state index in [0.717, 1.165) is 0 Å². The van der Waals surface area contributed by atoms with Crippen molar-refractivity contribution in [3.8, 4) is 0 Å². The first-order valence-electron chi connectivity index (χ1n) is 5.29. The number of carbonyl (C=O) groups excluding carboxylic acids is 1. The SMILES string of the molecule is Nc1ccc(C(=O)Nc2cccc(Cl)c2Cl)cc1Cl. The van der Waals surface area contributed by atoms with Crippen LogP contribution in [0.5, 0.6) is 0 Å². The van der Waals surface area contributed by atoms with Gasteiger partial charge in [-0.3, -0.25) is 4.79 Å². The van der Waals surface area contributed by atoms with Crippen LogP contribution >= 0.6 is 34.8 Å². The molecule has 0 saturated heterocycles. The molecule has 19 heavy (non-hydrogen) atoms. The van der Waals surface area contributed by atoms with Crippen molar-refractivity contribution in [2.75, 3.05) is 11.1 Å². The zero-order valence-electron chi connectivity index (χ0n) is 9.58. The molecule has 0 aliphatic rings. The summed E-state index contributed by atoms with van der Waals surface area (Å²) in [5.74, 6) is -0.342. The number of benzene rings is 2. The van der Waals surface area contributed by atoms with Crippen molar-refractivity contribution < 1.29 is 4.79 Å². The summed E-state index contributed by atoms with van der Waals surface area (Å²) in [6.07, 6.45) is 0. The van der Waals surface area contributed by atoms with E-state index in [1.54, 1.807) is 30.3 Å². The van der Waals surface area contributed by atoms with E-state index >= 15 is 0 Å². The lowest BCUT2D eigenvalue weighted by atomic mass is 10.2. The van der Waals surface area contributed by atoms with Gasteiger partial charge in [0.25, 0.3) is 5.91 Å². The van der Waals surface area contributed by atoms with Gasteiger partial charge in [-0.25, -0.2) is 0 Å². The number of hydrogen-bond donors (Lipinski definition) is 2. The fourth-order valence-electron chi connectivity index (χ4n) is 1.46. The first kappa shape index (κ1) is 14.0. The second-order valence-corrected chi connectivity index (χ2v) is 4.98. The smallest absolute Gasteiger partial charge is 0.255 e. The monoisotopic (exact) mass is 314 g/mol. The minimum absolute atomic E-state index is 0.291. The Morgan fingerprint density at radius 3 is 2.47 bits per heavy atom. The maximum Gasteiger partial charge on any atom is 0.255 e. The van der Waals surface area contributed by atoms with Crippen LogP contribution in [0.15, 0.2) is 36.4 Å². The third-order valence-corrected chi connectivity index (χ3v) is 3.61. The van der Waals surface area contributed by atoms with Crippen molar-refractivity contribution in [1.29, 1.82) is 0 Å². The van der Waals surface area contributed by atoms with Gasteiger partial charge in [0.15, 0.2) is 0 Å². The van der Waals surface area contributed by atoms with Gasteiger partial charge in [0.05, 0.1) is 26.4 Å². The number of hydrogen-bond acceptors (Lipinski definition) is 2.